The van der Waals surface area contributed by atoms with Crippen molar-refractivity contribution in [2.75, 3.05) is 26.6 Å². The Morgan fingerprint density at radius 1 is 0.482 bits per heavy atom. The van der Waals surface area contributed by atoms with E-state index in [2.05, 4.69) is 113 Å². The number of hydrogen-bond donors (Lipinski definition) is 10. The maximum absolute atomic E-state index is 12.8. The molecule has 0 bridgehead atoms. The van der Waals surface area contributed by atoms with Crippen LogP contribution < -0.4 is 26.6 Å². The van der Waals surface area contributed by atoms with Crippen LogP contribution >= 0.6 is 172 Å². The topological polar surface area (TPSA) is 264 Å². The molecule has 0 fully saturated rings. The van der Waals surface area contributed by atoms with Gasteiger partial charge in [-0.2, -0.15) is 26.3 Å². The Bertz CT molecular complexity index is 4850. The van der Waals surface area contributed by atoms with Gasteiger partial charge in [-0.15, -0.1) is 0 Å². The Labute approximate surface area is 707 Å². The number of halogens is 19. The van der Waals surface area contributed by atoms with Gasteiger partial charge in [0.05, 0.1) is 47.4 Å². The third kappa shape index (κ3) is 28.2. The fourth-order valence-corrected chi connectivity index (χ4v) is 14.2. The first-order valence-electron chi connectivity index (χ1n) is 31.7. The number of alkyl halides is 9. The zero-order chi connectivity index (χ0) is 81.8. The summed E-state index contributed by atoms with van der Waals surface area (Å²) in [6, 6.07) is 38.9. The van der Waals surface area contributed by atoms with Gasteiger partial charge in [0.15, 0.2) is 15.2 Å². The number of ketones is 1. The van der Waals surface area contributed by atoms with Gasteiger partial charge in [-0.05, 0) is 202 Å². The van der Waals surface area contributed by atoms with Crippen LogP contribution in [0.1, 0.15) is 98.0 Å². The van der Waals surface area contributed by atoms with Crippen molar-refractivity contribution in [3.05, 3.63) is 275 Å². The van der Waals surface area contributed by atoms with E-state index in [1.807, 2.05) is 12.1 Å². The van der Waals surface area contributed by atoms with E-state index in [1.165, 1.54) is 78.9 Å². The third-order valence-electron chi connectivity index (χ3n) is 15.0. The summed E-state index contributed by atoms with van der Waals surface area (Å²) in [6.45, 7) is 2.10. The van der Waals surface area contributed by atoms with Gasteiger partial charge >= 0.3 is 12.4 Å². The van der Waals surface area contributed by atoms with Gasteiger partial charge in [0.1, 0.15) is 29.3 Å². The van der Waals surface area contributed by atoms with Crippen LogP contribution in [0.25, 0.3) is 0 Å². The highest BCUT2D eigenvalue weighted by molar-refractivity contribution is 9.11. The molecule has 0 spiro atoms. The molecule has 3 atom stereocenters. The van der Waals surface area contributed by atoms with E-state index >= 15 is 0 Å². The molecular formula is C75H58Br5Cl8F6N5O11. The molecule has 0 aliphatic heterocycles. The number of unbranched alkanes of at least 4 members (excludes halogenated alkanes) is 4. The predicted molar refractivity (Wildman–Crippen MR) is 439 cm³/mol. The summed E-state index contributed by atoms with van der Waals surface area (Å²) in [4.78, 5) is 73.3. The Balaban J connectivity index is 0.000000217. The van der Waals surface area contributed by atoms with E-state index in [4.69, 9.17) is 92.8 Å². The molecule has 5 amide bonds. The van der Waals surface area contributed by atoms with E-state index in [0.29, 0.717) is 46.9 Å². The summed E-state index contributed by atoms with van der Waals surface area (Å²) in [5, 5.41) is 61.6. The van der Waals surface area contributed by atoms with E-state index in [-0.39, 0.29) is 87.7 Å². The minimum atomic E-state index is -4.54. The fourth-order valence-electron chi connectivity index (χ4n) is 9.50. The molecule has 582 valence electrons. The quantitative estimate of drug-likeness (QED) is 0.0177. The van der Waals surface area contributed by atoms with Gasteiger partial charge in [0.25, 0.3) is 23.6 Å². The summed E-state index contributed by atoms with van der Waals surface area (Å²) in [5.74, 6) is -4.99. The standard InChI is InChI=1S/C22H24F3NO3.C14H8Br2F3NO2.C13H8Br3NO2.2C13H9Cl4NO2/c1-2-3-4-5-6-10-19(27)15-11-12-20(28)18(13-15)21(29)26-17-9-7-8-16(14-17)22(23,24)25;15-8-5-10(12(21)11(16)6-8)13(22)20-9-3-1-2-7(4-9)14(17,18)19;14-7-1-3-9(4-2-7)17-13(19)10-5-8(15)6-11(16)12(10)18;14-7-2-1-3-9(4-7)18-12(20)10-5-8(15)6-13(16,17)11(10)19;14-7-2-1-3-9(4-7)18-12(19)10-5-8(15)6-11(16)13(10,17)20/h7-9,11-14,28H,2-6,10H2,1H3,(H,26,29);1-6,21H,(H,20,22);1-6,18H,(H,17,19);1-6,11,19H,(H,18,20);1-6,10,20H,(H,18,19). The highest BCUT2D eigenvalue weighted by Crippen LogP contribution is 2.42. The van der Waals surface area contributed by atoms with Crippen molar-refractivity contribution < 1.29 is 80.6 Å². The van der Waals surface area contributed by atoms with Gasteiger partial charge < -0.3 is 52.1 Å². The number of benzene rings is 8. The molecule has 0 radical (unpaired) electrons. The number of carbonyl (C=O) groups is 6. The van der Waals surface area contributed by atoms with Crippen LogP contribution in [0.15, 0.2) is 231 Å². The average Bonchev–Trinajstić information content (AvgIpc) is 0.797. The molecule has 8 aromatic rings. The number of amides is 5. The maximum Gasteiger partial charge on any atom is 0.416 e. The second kappa shape index (κ2) is 41.9. The average molecular weight is 2000 g/mol. The molecule has 0 heterocycles. The first-order valence-corrected chi connectivity index (χ1v) is 38.7. The summed E-state index contributed by atoms with van der Waals surface area (Å²) < 4.78 is 77.6. The number of carbonyl (C=O) groups excluding carboxylic acids is 6. The van der Waals surface area contributed by atoms with E-state index in [9.17, 15) is 80.6 Å². The van der Waals surface area contributed by atoms with Crippen LogP contribution in [-0.4, -0.2) is 76.3 Å². The molecule has 3 unspecified atom stereocenters. The highest BCUT2D eigenvalue weighted by Gasteiger charge is 2.44. The minimum absolute atomic E-state index is 0.0182. The lowest BCUT2D eigenvalue weighted by Crippen LogP contribution is -2.41. The molecular weight excluding hydrogens is 1940 g/mol. The SMILES string of the molecule is CCCCCCCC(=O)c1ccc(O)c(C(=O)Nc2cccc(C(F)(F)F)c2)c1.O=C(Nc1ccc(Br)cc1)c1cc(Br)cc(Br)c1O.O=C(Nc1cccc(C(F)(F)F)c1)c1cc(Br)cc(Br)c1O.O=C(Nc1cccc(Cl)c1)C1=CC(Cl)=CC(Cl)(Cl)C1O.O=C(Nc1cccc(Cl)c1)C1C=C(Cl)C=C(Cl)C1(O)Cl. The number of aliphatic hydroxyl groups is 2. The largest absolute Gasteiger partial charge is 0.507 e. The van der Waals surface area contributed by atoms with Crippen LogP contribution in [0.4, 0.5) is 54.8 Å². The molecule has 2 aliphatic rings. The maximum atomic E-state index is 12.8. The highest BCUT2D eigenvalue weighted by atomic mass is 79.9. The summed E-state index contributed by atoms with van der Waals surface area (Å²) in [7, 11) is 0. The number of aromatic hydroxyl groups is 3. The van der Waals surface area contributed by atoms with Crippen molar-refractivity contribution in [2.24, 2.45) is 5.92 Å². The van der Waals surface area contributed by atoms with Crippen molar-refractivity contribution in [2.45, 2.75) is 73.3 Å². The number of nitrogens with one attached hydrogen (secondary N) is 5. The number of phenolic OH excluding ortho intramolecular Hbond substituents is 3. The Morgan fingerprint density at radius 3 is 1.41 bits per heavy atom. The van der Waals surface area contributed by atoms with E-state index < -0.39 is 68.5 Å². The van der Waals surface area contributed by atoms with Gasteiger partial charge in [-0.3, -0.25) is 28.8 Å². The van der Waals surface area contributed by atoms with E-state index in [0.717, 1.165) is 60.8 Å². The predicted octanol–water partition coefficient (Wildman–Crippen LogP) is 24.3. The van der Waals surface area contributed by atoms with Crippen LogP contribution in [0.5, 0.6) is 17.2 Å². The Hall–Kier alpha value is -6.64. The van der Waals surface area contributed by atoms with Crippen LogP contribution in [0.2, 0.25) is 10.0 Å². The number of rotatable bonds is 17. The van der Waals surface area contributed by atoms with Crippen molar-refractivity contribution >= 4 is 236 Å². The van der Waals surface area contributed by atoms with Gasteiger partial charge in [0, 0.05) is 73.9 Å². The third-order valence-corrected chi connectivity index (χ3v) is 20.1. The number of hydrogen-bond acceptors (Lipinski definition) is 11. The van der Waals surface area contributed by atoms with Crippen LogP contribution in [0.3, 0.4) is 0 Å². The fraction of sp³-hybridized carbons (Fsp3) is 0.173. The number of anilines is 5. The molecule has 2 aliphatic carbocycles. The lowest BCUT2D eigenvalue weighted by atomic mass is 9.95. The zero-order valence-corrected chi connectivity index (χ0v) is 70.1. The van der Waals surface area contributed by atoms with Crippen molar-refractivity contribution in [1.29, 1.82) is 0 Å². The molecule has 0 saturated heterocycles. The minimum Gasteiger partial charge on any atom is -0.507 e. The van der Waals surface area contributed by atoms with Gasteiger partial charge in [0.2, 0.25) is 5.91 Å². The first kappa shape index (κ1) is 92.2. The number of allylic oxidation sites excluding steroid dienone is 4. The number of phenols is 3. The summed E-state index contributed by atoms with van der Waals surface area (Å²) >= 11 is 62.9. The van der Waals surface area contributed by atoms with E-state index in [1.54, 1.807) is 72.8 Å². The molecule has 10 N–H and O–H groups in total. The lowest BCUT2D eigenvalue weighted by Gasteiger charge is -2.30. The summed E-state index contributed by atoms with van der Waals surface area (Å²) in [6.07, 6.45) is 0.0942. The smallest absolute Gasteiger partial charge is 0.416 e. The first-order chi connectivity index (χ1) is 51.5. The molecule has 0 aromatic heterocycles. The van der Waals surface area contributed by atoms with Crippen molar-refractivity contribution in [3.8, 4) is 17.2 Å². The molecule has 0 saturated carbocycles. The molecule has 8 aromatic carbocycles. The second-order valence-corrected chi connectivity index (χ2v) is 31.9. The molecule has 10 rings (SSSR count). The molecule has 16 nitrogen and oxygen atoms in total. The monoisotopic (exact) mass is 1990 g/mol. The number of Topliss-reactive ketones (excluding diaryl/α,β-unsaturated/α-hetero) is 1. The van der Waals surface area contributed by atoms with Gasteiger partial charge in [-0.1, -0.05) is 197 Å². The molecule has 35 heteroatoms. The normalized spacial score (nSPS) is 15.5. The second-order valence-electron chi connectivity index (χ2n) is 23.3. The van der Waals surface area contributed by atoms with Gasteiger partial charge in [-0.25, -0.2) is 0 Å². The van der Waals surface area contributed by atoms with Crippen LogP contribution in [0, 0.1) is 5.92 Å². The number of aliphatic hydroxyl groups excluding tert-OH is 1. The van der Waals surface area contributed by atoms with Crippen molar-refractivity contribution in [3.63, 3.8) is 0 Å². The lowest BCUT2D eigenvalue weighted by molar-refractivity contribution is -0.138. The zero-order valence-electron chi connectivity index (χ0n) is 56.2. The summed E-state index contributed by atoms with van der Waals surface area (Å²) in [5.41, 5.74) is -0.00872. The Morgan fingerprint density at radius 2 is 0.927 bits per heavy atom. The molecule has 110 heavy (non-hydrogen) atoms. The Kier molecular flexibility index (Phi) is 35.2. The van der Waals surface area contributed by atoms with Crippen LogP contribution in [-0.2, 0) is 21.9 Å². The van der Waals surface area contributed by atoms with Crippen molar-refractivity contribution in [1.82, 2.24) is 0 Å².